The van der Waals surface area contributed by atoms with E-state index in [1.165, 1.54) is 11.1 Å². The third kappa shape index (κ3) is 6.57. The molecule has 1 saturated heterocycles. The number of nitrogens with zero attached hydrogens (tertiary/aromatic N) is 2. The number of likely N-dealkylation sites (tertiary alicyclic amines) is 1. The lowest BCUT2D eigenvalue weighted by molar-refractivity contribution is 0.0907. The number of hydrogen-bond donors (Lipinski definition) is 1. The van der Waals surface area contributed by atoms with Gasteiger partial charge in [-0.15, -0.1) is 0 Å². The Morgan fingerprint density at radius 1 is 1.36 bits per heavy atom. The number of allylic oxidation sites excluding steroid dienone is 3. The van der Waals surface area contributed by atoms with Crippen LogP contribution in [0.4, 0.5) is 0 Å². The fraction of sp³-hybridized carbons (Fsp3) is 0.565. The third-order valence-electron chi connectivity index (χ3n) is 5.31. The van der Waals surface area contributed by atoms with Crippen LogP contribution in [0, 0.1) is 0 Å². The number of Topliss-reactive ketones (excluding diaryl/α,β-unsaturated/α-hetero) is 1. The van der Waals surface area contributed by atoms with Gasteiger partial charge in [-0.3, -0.25) is 9.69 Å². The first-order chi connectivity index (χ1) is 13.4. The average molecular weight is 386 g/mol. The minimum Gasteiger partial charge on any atom is -0.473 e. The van der Waals surface area contributed by atoms with Gasteiger partial charge in [0.15, 0.2) is 5.78 Å². The number of ketones is 1. The molecule has 0 bridgehead atoms. The van der Waals surface area contributed by atoms with Gasteiger partial charge in [0, 0.05) is 23.9 Å². The molecule has 0 saturated carbocycles. The van der Waals surface area contributed by atoms with Crippen LogP contribution < -0.4 is 10.5 Å². The Hall–Kier alpha value is -1.98. The number of nitrogens with two attached hydrogens (primary N) is 1. The normalized spacial score (nSPS) is 18.8. The largest absolute Gasteiger partial charge is 0.473 e. The summed E-state index contributed by atoms with van der Waals surface area (Å²) in [7, 11) is 0. The smallest absolute Gasteiger partial charge is 0.213 e. The molecule has 0 aliphatic carbocycles. The molecular weight excluding hydrogens is 350 g/mol. The van der Waals surface area contributed by atoms with Crippen molar-refractivity contribution in [3.8, 4) is 5.88 Å². The first kappa shape index (κ1) is 22.3. The van der Waals surface area contributed by atoms with E-state index in [1.54, 1.807) is 18.3 Å². The summed E-state index contributed by atoms with van der Waals surface area (Å²) in [6.45, 7) is 10.9. The van der Waals surface area contributed by atoms with Crippen molar-refractivity contribution in [3.63, 3.8) is 0 Å². The van der Waals surface area contributed by atoms with E-state index >= 15 is 0 Å². The number of carbonyl (C=O) groups is 1. The maximum absolute atomic E-state index is 12.7. The maximum Gasteiger partial charge on any atom is 0.213 e. The summed E-state index contributed by atoms with van der Waals surface area (Å²) in [6.07, 6.45) is 10.1. The molecule has 0 amide bonds. The lowest BCUT2D eigenvalue weighted by atomic mass is 9.98. The van der Waals surface area contributed by atoms with Crippen molar-refractivity contribution in [2.45, 2.75) is 65.5 Å². The number of pyridine rings is 1. The molecule has 28 heavy (non-hydrogen) atoms. The fourth-order valence-electron chi connectivity index (χ4n) is 3.59. The quantitative estimate of drug-likeness (QED) is 0.484. The van der Waals surface area contributed by atoms with Crippen LogP contribution in [-0.4, -0.2) is 47.4 Å². The zero-order chi connectivity index (χ0) is 20.5. The fourth-order valence-corrected chi connectivity index (χ4v) is 3.59. The van der Waals surface area contributed by atoms with E-state index in [-0.39, 0.29) is 11.8 Å². The molecule has 2 N–H and O–H groups in total. The average Bonchev–Trinajstić information content (AvgIpc) is 3.16. The van der Waals surface area contributed by atoms with Gasteiger partial charge in [-0.25, -0.2) is 4.98 Å². The molecule has 0 spiro atoms. The van der Waals surface area contributed by atoms with Crippen LogP contribution >= 0.6 is 0 Å². The second-order valence-corrected chi connectivity index (χ2v) is 7.79. The molecule has 1 fully saturated rings. The van der Waals surface area contributed by atoms with Crippen molar-refractivity contribution < 1.29 is 9.53 Å². The molecule has 2 atom stereocenters. The number of aromatic nitrogens is 1. The Balaban J connectivity index is 1.85. The highest BCUT2D eigenvalue weighted by molar-refractivity contribution is 6.00. The Morgan fingerprint density at radius 2 is 2.14 bits per heavy atom. The van der Waals surface area contributed by atoms with E-state index in [0.29, 0.717) is 18.1 Å². The summed E-state index contributed by atoms with van der Waals surface area (Å²) in [6, 6.07) is 3.15. The summed E-state index contributed by atoms with van der Waals surface area (Å²) in [5.41, 5.74) is 9.46. The van der Waals surface area contributed by atoms with Gasteiger partial charge >= 0.3 is 0 Å². The van der Waals surface area contributed by atoms with Crippen molar-refractivity contribution in [3.05, 3.63) is 47.2 Å². The summed E-state index contributed by atoms with van der Waals surface area (Å²) >= 11 is 0. The Kier molecular flexibility index (Phi) is 8.87. The molecule has 5 heteroatoms. The zero-order valence-electron chi connectivity index (χ0n) is 17.8. The van der Waals surface area contributed by atoms with Crippen LogP contribution in [0.1, 0.15) is 63.7 Å². The molecule has 1 aliphatic rings. The highest BCUT2D eigenvalue weighted by Gasteiger charge is 2.33. The van der Waals surface area contributed by atoms with Crippen LogP contribution in [0.5, 0.6) is 5.88 Å². The highest BCUT2D eigenvalue weighted by atomic mass is 16.5. The van der Waals surface area contributed by atoms with Gasteiger partial charge in [-0.05, 0) is 71.7 Å². The highest BCUT2D eigenvalue weighted by Crippen LogP contribution is 2.21. The number of carbonyl (C=O) groups excluding carboxylic acids is 1. The summed E-state index contributed by atoms with van der Waals surface area (Å²) in [4.78, 5) is 19.3. The molecule has 0 radical (unpaired) electrons. The van der Waals surface area contributed by atoms with Crippen molar-refractivity contribution in [1.82, 2.24) is 9.88 Å². The van der Waals surface area contributed by atoms with Crippen LogP contribution in [0.15, 0.2) is 41.6 Å². The van der Waals surface area contributed by atoms with E-state index in [9.17, 15) is 4.79 Å². The van der Waals surface area contributed by atoms with Gasteiger partial charge in [0.2, 0.25) is 5.88 Å². The Bertz CT molecular complexity index is 690. The van der Waals surface area contributed by atoms with E-state index in [0.717, 1.165) is 38.8 Å². The van der Waals surface area contributed by atoms with E-state index in [1.807, 2.05) is 0 Å². The molecule has 1 aromatic rings. The van der Waals surface area contributed by atoms with E-state index in [4.69, 9.17) is 10.5 Å². The number of hydrogen-bond acceptors (Lipinski definition) is 5. The number of likely N-dealkylation sites (N-methyl/N-ethyl adjacent to an activating group) is 1. The topological polar surface area (TPSA) is 68.5 Å². The second-order valence-electron chi connectivity index (χ2n) is 7.79. The predicted octanol–water partition coefficient (Wildman–Crippen LogP) is 4.15. The van der Waals surface area contributed by atoms with Crippen molar-refractivity contribution >= 4 is 5.78 Å². The van der Waals surface area contributed by atoms with Crippen molar-refractivity contribution in [2.75, 3.05) is 19.7 Å². The summed E-state index contributed by atoms with van der Waals surface area (Å²) < 4.78 is 5.68. The standard InChI is InChI=1S/C23H35N3O2/c1-5-26-14-7-10-20(26)22(24)23(27)19-11-12-21(25-16-19)28-15-13-18(4)9-6-8-17(2)3/h8,11-13,16,20,22H,5-7,9-10,14-15,24H2,1-4H3/b18-13+. The molecule has 5 nitrogen and oxygen atoms in total. The minimum atomic E-state index is -0.498. The second kappa shape index (κ2) is 11.1. The SMILES string of the molecule is CCN1CCCC1C(N)C(=O)c1ccc(OC/C=C(\C)CCC=C(C)C)nc1. The van der Waals surface area contributed by atoms with E-state index in [2.05, 4.69) is 49.7 Å². The van der Waals surface area contributed by atoms with Gasteiger partial charge in [-0.1, -0.05) is 24.1 Å². The molecule has 2 unspecified atom stereocenters. The number of ether oxygens (including phenoxy) is 1. The van der Waals surface area contributed by atoms with Gasteiger partial charge in [0.05, 0.1) is 6.04 Å². The molecule has 1 aliphatic heterocycles. The minimum absolute atomic E-state index is 0.0422. The number of rotatable bonds is 10. The Morgan fingerprint density at radius 3 is 2.79 bits per heavy atom. The van der Waals surface area contributed by atoms with Crippen LogP contribution in [0.25, 0.3) is 0 Å². The molecule has 0 aromatic carbocycles. The third-order valence-corrected chi connectivity index (χ3v) is 5.31. The molecule has 2 rings (SSSR count). The zero-order valence-corrected chi connectivity index (χ0v) is 17.8. The molecule has 2 heterocycles. The molecule has 154 valence electrons. The van der Waals surface area contributed by atoms with Gasteiger partial charge in [0.1, 0.15) is 6.61 Å². The first-order valence-corrected chi connectivity index (χ1v) is 10.3. The van der Waals surface area contributed by atoms with Gasteiger partial charge in [0.25, 0.3) is 0 Å². The van der Waals surface area contributed by atoms with Crippen molar-refractivity contribution in [2.24, 2.45) is 5.73 Å². The molecule has 1 aromatic heterocycles. The Labute approximate surface area is 169 Å². The monoisotopic (exact) mass is 385 g/mol. The first-order valence-electron chi connectivity index (χ1n) is 10.3. The van der Waals surface area contributed by atoms with Crippen LogP contribution in [0.3, 0.4) is 0 Å². The summed E-state index contributed by atoms with van der Waals surface area (Å²) in [5.74, 6) is 0.480. The van der Waals surface area contributed by atoms with Gasteiger partial charge < -0.3 is 10.5 Å². The van der Waals surface area contributed by atoms with Crippen molar-refractivity contribution in [1.29, 1.82) is 0 Å². The van der Waals surface area contributed by atoms with Gasteiger partial charge in [-0.2, -0.15) is 0 Å². The lowest BCUT2D eigenvalue weighted by Crippen LogP contribution is -2.48. The predicted molar refractivity (Wildman–Crippen MR) is 115 cm³/mol. The summed E-state index contributed by atoms with van der Waals surface area (Å²) in [5, 5.41) is 0. The van der Waals surface area contributed by atoms with Crippen LogP contribution in [0.2, 0.25) is 0 Å². The molecular formula is C23H35N3O2. The maximum atomic E-state index is 12.7. The lowest BCUT2D eigenvalue weighted by Gasteiger charge is -2.27. The van der Waals surface area contributed by atoms with Crippen LogP contribution in [-0.2, 0) is 0 Å². The van der Waals surface area contributed by atoms with E-state index < -0.39 is 6.04 Å².